The smallest absolute Gasteiger partial charge is 0.324 e. The first-order valence-corrected chi connectivity index (χ1v) is 38.4. The van der Waals surface area contributed by atoms with E-state index >= 15 is 13.2 Å². The van der Waals surface area contributed by atoms with Gasteiger partial charge in [-0.25, -0.2) is 80.9 Å². The number of halogens is 3. The number of benzene rings is 6. The van der Waals surface area contributed by atoms with Crippen LogP contribution in [-0.4, -0.2) is 96.9 Å². The quantitative estimate of drug-likeness (QED) is 0.0488. The van der Waals surface area contributed by atoms with Gasteiger partial charge in [-0.05, 0) is 115 Å². The van der Waals surface area contributed by atoms with Crippen LogP contribution in [-0.2, 0) is 30.3 Å². The molecule has 28 nitrogen and oxygen atoms in total. The highest BCUT2D eigenvalue weighted by atomic mass is 32.1. The molecule has 15 aromatic rings. The van der Waals surface area contributed by atoms with Crippen LogP contribution in [0.15, 0.2) is 170 Å². The highest BCUT2D eigenvalue weighted by Gasteiger charge is 2.28. The van der Waals surface area contributed by atoms with Gasteiger partial charge in [0.15, 0.2) is 11.3 Å². The van der Waals surface area contributed by atoms with Gasteiger partial charge in [-0.3, -0.25) is 16.0 Å². The average molecular weight is 1600 g/mol. The normalized spacial score (nSPS) is 11.7. The third kappa shape index (κ3) is 17.7. The number of aryl methyl sites for hydroxylation is 3. The fourth-order valence-electron chi connectivity index (χ4n) is 12.7. The molecule has 0 aliphatic rings. The summed E-state index contributed by atoms with van der Waals surface area (Å²) in [7, 11) is 3.42. The van der Waals surface area contributed by atoms with Gasteiger partial charge in [-0.15, -0.1) is 11.3 Å². The van der Waals surface area contributed by atoms with Crippen molar-refractivity contribution in [3.05, 3.63) is 221 Å². The van der Waals surface area contributed by atoms with Crippen LogP contribution in [0.3, 0.4) is 0 Å². The number of rotatable bonds is 14. The molecule has 0 radical (unpaired) electrons. The Morgan fingerprint density at radius 1 is 0.410 bits per heavy atom. The lowest BCUT2D eigenvalue weighted by molar-refractivity contribution is 0.261. The Bertz CT molecular complexity index is 6240. The number of hydrogen-bond acceptors (Lipinski definition) is 18. The molecule has 0 aliphatic heterocycles. The van der Waals surface area contributed by atoms with E-state index < -0.39 is 35.5 Å². The summed E-state index contributed by atoms with van der Waals surface area (Å²) in [5.74, 6) is 1.30. The zero-order valence-corrected chi connectivity index (χ0v) is 68.3. The van der Waals surface area contributed by atoms with Gasteiger partial charge in [-0.2, -0.15) is 25.5 Å². The molecule has 0 saturated heterocycles. The Balaban J connectivity index is 0.000000153. The van der Waals surface area contributed by atoms with Crippen molar-refractivity contribution in [2.45, 2.75) is 125 Å². The predicted octanol–water partition coefficient (Wildman–Crippen LogP) is 18.5. The van der Waals surface area contributed by atoms with Crippen molar-refractivity contribution < 1.29 is 27.6 Å². The first-order chi connectivity index (χ1) is 55.4. The lowest BCUT2D eigenvalue weighted by atomic mass is 9.92. The van der Waals surface area contributed by atoms with Crippen LogP contribution in [0.1, 0.15) is 136 Å². The van der Waals surface area contributed by atoms with Gasteiger partial charge >= 0.3 is 18.1 Å². The molecule has 0 aliphatic carbocycles. The molecule has 600 valence electrons. The van der Waals surface area contributed by atoms with E-state index in [4.69, 9.17) is 32.5 Å². The topological polar surface area (TPSA) is 368 Å². The van der Waals surface area contributed by atoms with Crippen LogP contribution < -0.4 is 49.1 Å². The number of carbonyl (C=O) groups excluding carboxylic acids is 3. The highest BCUT2D eigenvalue weighted by Crippen LogP contribution is 2.40. The van der Waals surface area contributed by atoms with Gasteiger partial charge < -0.3 is 33.2 Å². The first kappa shape index (κ1) is 81.1. The number of nitrogens with one attached hydrogen (secondary N) is 6. The summed E-state index contributed by atoms with van der Waals surface area (Å²) >= 11 is 1.37. The number of thiophene rings is 1. The van der Waals surface area contributed by atoms with E-state index in [0.29, 0.717) is 101 Å². The second-order valence-corrected chi connectivity index (χ2v) is 32.7. The van der Waals surface area contributed by atoms with Gasteiger partial charge in [0.2, 0.25) is 0 Å². The Hall–Kier alpha value is -13.9. The minimum Gasteiger partial charge on any atom is -0.383 e. The van der Waals surface area contributed by atoms with Crippen LogP contribution >= 0.6 is 11.3 Å². The van der Waals surface area contributed by atoms with E-state index in [9.17, 15) is 14.4 Å². The lowest BCUT2D eigenvalue weighted by Gasteiger charge is -2.14. The van der Waals surface area contributed by atoms with Crippen molar-refractivity contribution in [1.82, 2.24) is 78.8 Å². The van der Waals surface area contributed by atoms with Crippen LogP contribution in [0, 0.1) is 24.4 Å². The van der Waals surface area contributed by atoms with E-state index in [-0.39, 0.29) is 44.8 Å². The number of nitrogen functional groups attached to an aromatic ring is 3. The number of hydrogen-bond donors (Lipinski definition) is 9. The van der Waals surface area contributed by atoms with E-state index in [1.807, 2.05) is 107 Å². The molecular weight excluding hydrogens is 1510 g/mol. The third-order valence-electron chi connectivity index (χ3n) is 19.2. The molecule has 9 heterocycles. The Labute approximate surface area is 676 Å². The van der Waals surface area contributed by atoms with Crippen LogP contribution in [0.4, 0.5) is 79.5 Å². The maximum absolute atomic E-state index is 15.3. The summed E-state index contributed by atoms with van der Waals surface area (Å²) in [6.45, 7) is 29.0. The lowest BCUT2D eigenvalue weighted by Crippen LogP contribution is -2.22. The van der Waals surface area contributed by atoms with Crippen LogP contribution in [0.5, 0.6) is 0 Å². The summed E-state index contributed by atoms with van der Waals surface area (Å²) in [5.41, 5.74) is 29.8. The van der Waals surface area contributed by atoms with Crippen molar-refractivity contribution >= 4 is 114 Å². The summed E-state index contributed by atoms with van der Waals surface area (Å²) in [6.07, 6.45) is 4.07. The average Bonchev–Trinajstić information content (AvgIpc) is 1.78. The first-order valence-electron chi connectivity index (χ1n) is 37.5. The standard InChI is InChI=1S/2C29H32FN9O.C27H26FN7OS/c1-16(2)17-7-10-19(11-8-17)39-23(14-22(36-39)29(3,4)5)35-28(40)34-21-12-9-18(13-20(21)30)25-24-26(31)32-15-33-27(24)38(6)37-25;1-16(2)17-7-10-19(11-8-17)39-23(14-22(36-39)29(3,4)5)35-28(40)34-18-9-12-20(21(30)13-18)25-24-26(31)32-15-33-27(24)38(6)37-25;1-15-5-8-17(9-6-15)35-22(12-21(34-35)27(2,3)4)33-26(36)32-16-7-10-18(20(28)11-16)19-13-37-25-23(19)24(29)30-14-31-25/h2*7-16H,1-6H3,(H2,31,32,33)(H2,34,35,40);5-14H,1-4H3,(H2,29,30,31)(H2,32,33,36). The fourth-order valence-corrected chi connectivity index (χ4v) is 13.6. The summed E-state index contributed by atoms with van der Waals surface area (Å²) in [6, 6.07) is 41.1. The summed E-state index contributed by atoms with van der Waals surface area (Å²) in [4.78, 5) is 64.3. The molecule has 15 rings (SSSR count). The third-order valence-corrected chi connectivity index (χ3v) is 20.1. The van der Waals surface area contributed by atoms with Crippen molar-refractivity contribution in [3.63, 3.8) is 0 Å². The number of nitrogens with zero attached hydrogens (tertiary/aromatic N) is 16. The zero-order chi connectivity index (χ0) is 83.9. The molecular formula is C85H90F3N25O3S. The number of anilines is 9. The van der Waals surface area contributed by atoms with Gasteiger partial charge in [0.25, 0.3) is 0 Å². The number of amides is 6. The number of fused-ring (bicyclic) bond motifs is 3. The molecule has 117 heavy (non-hydrogen) atoms. The molecule has 0 unspecified atom stereocenters. The Kier molecular flexibility index (Phi) is 22.6. The van der Waals surface area contributed by atoms with Gasteiger partial charge in [0.05, 0.1) is 56.0 Å². The van der Waals surface area contributed by atoms with E-state index in [0.717, 1.165) is 39.7 Å². The minimum atomic E-state index is -0.630. The molecule has 6 amide bonds. The second-order valence-electron chi connectivity index (χ2n) is 31.8. The van der Waals surface area contributed by atoms with Crippen molar-refractivity contribution in [2.24, 2.45) is 14.1 Å². The fraction of sp³-hybridized carbons (Fsp3) is 0.247. The Morgan fingerprint density at radius 2 is 0.803 bits per heavy atom. The molecule has 9 aromatic heterocycles. The molecule has 0 atom stereocenters. The minimum absolute atomic E-state index is 0.00843. The number of urea groups is 3. The van der Waals surface area contributed by atoms with E-state index in [1.54, 1.807) is 62.5 Å². The van der Waals surface area contributed by atoms with E-state index in [2.05, 4.69) is 153 Å². The zero-order valence-electron chi connectivity index (χ0n) is 67.5. The monoisotopic (exact) mass is 1600 g/mol. The van der Waals surface area contributed by atoms with E-state index in [1.165, 1.54) is 76.5 Å². The molecule has 0 fully saturated rings. The number of aromatic nitrogens is 16. The predicted molar refractivity (Wildman–Crippen MR) is 457 cm³/mol. The maximum Gasteiger partial charge on any atom is 0.324 e. The Morgan fingerprint density at radius 3 is 1.22 bits per heavy atom. The van der Waals surface area contributed by atoms with Crippen LogP contribution in [0.2, 0.25) is 0 Å². The van der Waals surface area contributed by atoms with Crippen molar-refractivity contribution in [1.29, 1.82) is 0 Å². The van der Waals surface area contributed by atoms with Gasteiger partial charge in [-0.1, -0.05) is 138 Å². The number of carbonyl (C=O) groups is 3. The van der Waals surface area contributed by atoms with Crippen LogP contribution in [0.25, 0.3) is 83.0 Å². The van der Waals surface area contributed by atoms with Crippen molar-refractivity contribution in [3.8, 4) is 50.7 Å². The largest absolute Gasteiger partial charge is 0.383 e. The maximum atomic E-state index is 15.3. The van der Waals surface area contributed by atoms with Gasteiger partial charge in [0, 0.05) is 87.5 Å². The highest BCUT2D eigenvalue weighted by molar-refractivity contribution is 7.17. The molecule has 6 aromatic carbocycles. The van der Waals surface area contributed by atoms with Gasteiger partial charge in [0.1, 0.15) is 87.6 Å². The SMILES string of the molecule is CC(C)c1ccc(-n2nc(C(C)(C)C)cc2NC(=O)Nc2ccc(-c3nn(C)c4ncnc(N)c34)c(F)c2)cc1.CC(C)c1ccc(-n2nc(C(C)(C)C)cc2NC(=O)Nc2ccc(-c3nn(C)c4ncnc(N)c34)cc2F)cc1.Cc1ccc(-n2nc(C(C)(C)C)cc2NC(=O)Nc2ccc(-c3csc4ncnc(N)c34)c(F)c2)cc1. The summed E-state index contributed by atoms with van der Waals surface area (Å²) in [5, 5.41) is 43.1. The summed E-state index contributed by atoms with van der Waals surface area (Å²) < 4.78 is 53.8. The molecule has 0 spiro atoms. The molecule has 32 heteroatoms. The number of nitrogens with two attached hydrogens (primary N) is 3. The second kappa shape index (κ2) is 32.5. The molecule has 0 bridgehead atoms. The van der Waals surface area contributed by atoms with Crippen molar-refractivity contribution in [2.75, 3.05) is 49.1 Å². The molecule has 12 N–H and O–H groups in total. The molecule has 0 saturated carbocycles.